The second-order valence-electron chi connectivity index (χ2n) is 5.62. The predicted molar refractivity (Wildman–Crippen MR) is 95.6 cm³/mol. The Kier molecular flexibility index (Phi) is 5.42. The number of rotatable bonds is 4. The highest BCUT2D eigenvalue weighted by Crippen LogP contribution is 2.28. The summed E-state index contributed by atoms with van der Waals surface area (Å²) in [6, 6.07) is 8.35. The Balaban J connectivity index is 1.87. The first-order chi connectivity index (χ1) is 11.5. The summed E-state index contributed by atoms with van der Waals surface area (Å²) in [5.41, 5.74) is 1.50. The van der Waals surface area contributed by atoms with Crippen LogP contribution in [0.25, 0.3) is 0 Å². The minimum absolute atomic E-state index is 0.110. The van der Waals surface area contributed by atoms with E-state index in [4.69, 9.17) is 23.2 Å². The predicted octanol–water partition coefficient (Wildman–Crippen LogP) is 2.86. The Morgan fingerprint density at radius 3 is 2.79 bits per heavy atom. The van der Waals surface area contributed by atoms with Gasteiger partial charge in [-0.05, 0) is 29.3 Å². The van der Waals surface area contributed by atoms with Gasteiger partial charge in [0.05, 0.1) is 21.8 Å². The van der Waals surface area contributed by atoms with E-state index in [-0.39, 0.29) is 11.8 Å². The molecule has 1 N–H and O–H groups in total. The van der Waals surface area contributed by atoms with Crippen LogP contribution in [0.5, 0.6) is 0 Å². The fraction of sp³-hybridized carbons (Fsp3) is 0.312. The van der Waals surface area contributed by atoms with E-state index in [1.54, 1.807) is 34.9 Å². The van der Waals surface area contributed by atoms with Gasteiger partial charge < -0.3 is 5.32 Å². The van der Waals surface area contributed by atoms with Crippen molar-refractivity contribution in [3.05, 3.63) is 63.9 Å². The van der Waals surface area contributed by atoms with Crippen molar-refractivity contribution in [2.45, 2.75) is 11.8 Å². The lowest BCUT2D eigenvalue weighted by atomic mass is 10.1. The standard InChI is InChI=1S/C16H17Cl2N3O2S/c17-14-4-3-12(8-15(14)18)11-24(22,23)21-7-6-20-10-16(21)13-2-1-5-19-9-13/h1-5,8-9,16,20H,6-7,10-11H2. The van der Waals surface area contributed by atoms with E-state index >= 15 is 0 Å². The van der Waals surface area contributed by atoms with Crippen LogP contribution in [0.2, 0.25) is 10.0 Å². The van der Waals surface area contributed by atoms with Gasteiger partial charge in [0.15, 0.2) is 0 Å². The molecular formula is C16H17Cl2N3O2S. The highest BCUT2D eigenvalue weighted by atomic mass is 35.5. The summed E-state index contributed by atoms with van der Waals surface area (Å²) < 4.78 is 27.4. The molecule has 0 radical (unpaired) electrons. The molecule has 1 fully saturated rings. The first-order valence-electron chi connectivity index (χ1n) is 7.51. The average Bonchev–Trinajstić information content (AvgIpc) is 2.59. The van der Waals surface area contributed by atoms with Crippen molar-refractivity contribution in [3.63, 3.8) is 0 Å². The quantitative estimate of drug-likeness (QED) is 0.878. The zero-order chi connectivity index (χ0) is 17.2. The topological polar surface area (TPSA) is 62.3 Å². The molecule has 0 aliphatic carbocycles. The third-order valence-electron chi connectivity index (χ3n) is 3.95. The molecule has 1 aromatic carbocycles. The molecule has 3 rings (SSSR count). The van der Waals surface area contributed by atoms with Gasteiger partial charge >= 0.3 is 0 Å². The van der Waals surface area contributed by atoms with Crippen LogP contribution in [-0.4, -0.2) is 37.3 Å². The van der Waals surface area contributed by atoms with Gasteiger partial charge in [0.1, 0.15) is 0 Å². The number of aromatic nitrogens is 1. The number of nitrogens with one attached hydrogen (secondary N) is 1. The lowest BCUT2D eigenvalue weighted by Gasteiger charge is -2.35. The fourth-order valence-corrected chi connectivity index (χ4v) is 4.84. The van der Waals surface area contributed by atoms with Crippen molar-refractivity contribution in [2.75, 3.05) is 19.6 Å². The van der Waals surface area contributed by atoms with Gasteiger partial charge in [-0.2, -0.15) is 4.31 Å². The molecule has 1 saturated heterocycles. The highest BCUT2D eigenvalue weighted by Gasteiger charge is 2.33. The maximum Gasteiger partial charge on any atom is 0.218 e. The molecule has 2 aromatic rings. The summed E-state index contributed by atoms with van der Waals surface area (Å²) in [5.74, 6) is -0.110. The Hall–Kier alpha value is -1.18. The molecule has 8 heteroatoms. The van der Waals surface area contributed by atoms with E-state index in [9.17, 15) is 8.42 Å². The van der Waals surface area contributed by atoms with Gasteiger partial charge in [-0.3, -0.25) is 4.98 Å². The maximum absolute atomic E-state index is 12.9. The van der Waals surface area contributed by atoms with Crippen molar-refractivity contribution < 1.29 is 8.42 Å². The number of halogens is 2. The molecule has 0 spiro atoms. The van der Waals surface area contributed by atoms with Crippen LogP contribution in [0.4, 0.5) is 0 Å². The van der Waals surface area contributed by atoms with Crippen LogP contribution in [0.1, 0.15) is 17.2 Å². The molecule has 0 bridgehead atoms. The number of nitrogens with zero attached hydrogens (tertiary/aromatic N) is 2. The smallest absolute Gasteiger partial charge is 0.218 e. The first-order valence-corrected chi connectivity index (χ1v) is 9.88. The van der Waals surface area contributed by atoms with Crippen LogP contribution in [0.3, 0.4) is 0 Å². The molecule has 5 nitrogen and oxygen atoms in total. The normalized spacial score (nSPS) is 19.3. The molecule has 1 aliphatic heterocycles. The Morgan fingerprint density at radius 2 is 2.08 bits per heavy atom. The lowest BCUT2D eigenvalue weighted by Crippen LogP contribution is -2.48. The monoisotopic (exact) mass is 385 g/mol. The van der Waals surface area contributed by atoms with Crippen molar-refractivity contribution in [1.82, 2.24) is 14.6 Å². The fourth-order valence-electron chi connectivity index (χ4n) is 2.80. The Labute approximate surface area is 151 Å². The Morgan fingerprint density at radius 1 is 1.25 bits per heavy atom. The molecule has 0 amide bonds. The first kappa shape index (κ1) is 17.6. The van der Waals surface area contributed by atoms with E-state index in [0.29, 0.717) is 35.2 Å². The summed E-state index contributed by atoms with van der Waals surface area (Å²) in [4.78, 5) is 4.10. The van der Waals surface area contributed by atoms with Crippen molar-refractivity contribution in [1.29, 1.82) is 0 Å². The van der Waals surface area contributed by atoms with Crippen LogP contribution in [0, 0.1) is 0 Å². The maximum atomic E-state index is 12.9. The summed E-state index contributed by atoms with van der Waals surface area (Å²) in [5, 5.41) is 4.01. The minimum Gasteiger partial charge on any atom is -0.313 e. The van der Waals surface area contributed by atoms with Crippen LogP contribution >= 0.6 is 23.2 Å². The number of benzene rings is 1. The van der Waals surface area contributed by atoms with Crippen LogP contribution in [-0.2, 0) is 15.8 Å². The number of hydrogen-bond donors (Lipinski definition) is 1. The Bertz CT molecular complexity index is 815. The largest absolute Gasteiger partial charge is 0.313 e. The van der Waals surface area contributed by atoms with Crippen molar-refractivity contribution in [3.8, 4) is 0 Å². The number of pyridine rings is 1. The number of hydrogen-bond acceptors (Lipinski definition) is 4. The third-order valence-corrected chi connectivity index (χ3v) is 6.54. The molecule has 1 atom stereocenters. The van der Waals surface area contributed by atoms with E-state index in [1.807, 2.05) is 12.1 Å². The van der Waals surface area contributed by atoms with Crippen molar-refractivity contribution in [2.24, 2.45) is 0 Å². The molecule has 0 saturated carbocycles. The molecule has 128 valence electrons. The van der Waals surface area contributed by atoms with E-state index < -0.39 is 10.0 Å². The van der Waals surface area contributed by atoms with Gasteiger partial charge in [-0.15, -0.1) is 0 Å². The van der Waals surface area contributed by atoms with Gasteiger partial charge in [-0.1, -0.05) is 35.3 Å². The van der Waals surface area contributed by atoms with Crippen LogP contribution in [0.15, 0.2) is 42.7 Å². The van der Waals surface area contributed by atoms with E-state index in [1.165, 1.54) is 0 Å². The summed E-state index contributed by atoms with van der Waals surface area (Å²) in [6.07, 6.45) is 3.38. The average molecular weight is 386 g/mol. The second-order valence-corrected chi connectivity index (χ2v) is 8.36. The van der Waals surface area contributed by atoms with E-state index in [2.05, 4.69) is 10.3 Å². The molecular weight excluding hydrogens is 369 g/mol. The zero-order valence-electron chi connectivity index (χ0n) is 12.8. The molecule has 1 unspecified atom stereocenters. The van der Waals surface area contributed by atoms with Gasteiger partial charge in [-0.25, -0.2) is 8.42 Å². The van der Waals surface area contributed by atoms with E-state index in [0.717, 1.165) is 5.56 Å². The molecule has 24 heavy (non-hydrogen) atoms. The molecule has 2 heterocycles. The van der Waals surface area contributed by atoms with Gasteiger partial charge in [0.2, 0.25) is 10.0 Å². The SMILES string of the molecule is O=S(=O)(Cc1ccc(Cl)c(Cl)c1)N1CCNCC1c1cccnc1. The number of piperazine rings is 1. The molecule has 1 aromatic heterocycles. The summed E-state index contributed by atoms with van der Waals surface area (Å²) in [6.45, 7) is 1.60. The number of sulfonamides is 1. The lowest BCUT2D eigenvalue weighted by molar-refractivity contribution is 0.271. The third kappa shape index (κ3) is 3.90. The van der Waals surface area contributed by atoms with Crippen molar-refractivity contribution >= 4 is 33.2 Å². The zero-order valence-corrected chi connectivity index (χ0v) is 15.2. The minimum atomic E-state index is -3.50. The molecule has 1 aliphatic rings. The summed E-state index contributed by atoms with van der Waals surface area (Å²) in [7, 11) is -3.50. The summed E-state index contributed by atoms with van der Waals surface area (Å²) >= 11 is 11.9. The van der Waals surface area contributed by atoms with Gasteiger partial charge in [0, 0.05) is 32.0 Å². The highest BCUT2D eigenvalue weighted by molar-refractivity contribution is 7.88. The van der Waals surface area contributed by atoms with Crippen LogP contribution < -0.4 is 5.32 Å². The second kappa shape index (κ2) is 7.37. The van der Waals surface area contributed by atoms with Gasteiger partial charge in [0.25, 0.3) is 0 Å².